The fraction of sp³-hybridized carbons (Fsp3) is 0.308. The third kappa shape index (κ3) is 4.36. The maximum atomic E-state index is 13.4. The van der Waals surface area contributed by atoms with Crippen LogP contribution >= 0.6 is 0 Å². The number of carbonyl (C=O) groups is 1. The Morgan fingerprint density at radius 2 is 2.29 bits per heavy atom. The Morgan fingerprint density at radius 3 is 2.88 bits per heavy atom. The van der Waals surface area contributed by atoms with E-state index < -0.39 is 0 Å². The van der Waals surface area contributed by atoms with Gasteiger partial charge in [-0.3, -0.25) is 4.79 Å². The van der Waals surface area contributed by atoms with Gasteiger partial charge >= 0.3 is 5.97 Å². The topological polar surface area (TPSA) is 52.3 Å². The minimum absolute atomic E-state index is 0.179. The highest BCUT2D eigenvalue weighted by atomic mass is 19.1. The van der Waals surface area contributed by atoms with E-state index in [0.717, 1.165) is 0 Å². The molecule has 0 aromatic heterocycles. The predicted molar refractivity (Wildman–Crippen MR) is 64.6 cm³/mol. The zero-order chi connectivity index (χ0) is 12.7. The lowest BCUT2D eigenvalue weighted by Gasteiger charge is -2.00. The molecule has 2 N–H and O–H groups in total. The second-order valence-corrected chi connectivity index (χ2v) is 3.47. The van der Waals surface area contributed by atoms with E-state index in [4.69, 9.17) is 10.5 Å². The molecule has 4 heteroatoms. The van der Waals surface area contributed by atoms with Gasteiger partial charge in [-0.25, -0.2) is 4.39 Å². The maximum absolute atomic E-state index is 13.4. The van der Waals surface area contributed by atoms with E-state index in [2.05, 4.69) is 0 Å². The van der Waals surface area contributed by atoms with E-state index in [-0.39, 0.29) is 24.8 Å². The molecule has 0 radical (unpaired) electrons. The quantitative estimate of drug-likeness (QED) is 0.799. The number of hydrogen-bond donors (Lipinski definition) is 1. The number of nitrogens with two attached hydrogens (primary N) is 1. The predicted octanol–water partition coefficient (Wildman–Crippen LogP) is 2.25. The Balaban J connectivity index is 2.60. The highest BCUT2D eigenvalue weighted by Gasteiger charge is 2.00. The average molecular weight is 237 g/mol. The summed E-state index contributed by atoms with van der Waals surface area (Å²) in [4.78, 5) is 11.0. The molecule has 0 saturated heterocycles. The van der Waals surface area contributed by atoms with Gasteiger partial charge in [0.05, 0.1) is 13.0 Å². The molecule has 3 nitrogen and oxygen atoms in total. The summed E-state index contributed by atoms with van der Waals surface area (Å²) in [5.74, 6) is -0.617. The van der Waals surface area contributed by atoms with Gasteiger partial charge in [0.25, 0.3) is 0 Å². The molecule has 0 bridgehead atoms. The summed E-state index contributed by atoms with van der Waals surface area (Å²) in [6.07, 6.45) is 3.52. The highest BCUT2D eigenvalue weighted by molar-refractivity contribution is 5.72. The van der Waals surface area contributed by atoms with Crippen molar-refractivity contribution in [1.82, 2.24) is 0 Å². The van der Waals surface area contributed by atoms with Crippen molar-refractivity contribution in [1.29, 1.82) is 0 Å². The molecule has 1 aromatic carbocycles. The van der Waals surface area contributed by atoms with Crippen molar-refractivity contribution in [3.8, 4) is 0 Å². The number of ether oxygens (including phenoxy) is 1. The lowest BCUT2D eigenvalue weighted by atomic mass is 10.1. The second-order valence-electron chi connectivity index (χ2n) is 3.47. The number of esters is 1. The van der Waals surface area contributed by atoms with Crippen molar-refractivity contribution in [3.05, 3.63) is 41.2 Å². The number of benzene rings is 1. The monoisotopic (exact) mass is 237 g/mol. The number of halogens is 1. The molecular formula is C13H16FNO2. The molecule has 0 amide bonds. The van der Waals surface area contributed by atoms with E-state index in [0.29, 0.717) is 17.7 Å². The molecule has 1 aromatic rings. The van der Waals surface area contributed by atoms with Gasteiger partial charge in [0, 0.05) is 12.1 Å². The van der Waals surface area contributed by atoms with E-state index in [9.17, 15) is 9.18 Å². The standard InChI is InChI=1S/C13H16FNO2/c1-2-17-13(16)5-3-4-10-6-7-11(9-15)12(14)8-10/h3-4,6-8H,2,5,9,15H2,1H3. The molecule has 0 heterocycles. The first-order chi connectivity index (χ1) is 8.17. The van der Waals surface area contributed by atoms with Crippen LogP contribution in [0, 0.1) is 5.82 Å². The normalized spacial score (nSPS) is 10.8. The summed E-state index contributed by atoms with van der Waals surface area (Å²) < 4.78 is 18.1. The van der Waals surface area contributed by atoms with Gasteiger partial charge in [0.15, 0.2) is 0 Å². The van der Waals surface area contributed by atoms with Gasteiger partial charge in [-0.05, 0) is 18.6 Å². The molecule has 17 heavy (non-hydrogen) atoms. The van der Waals surface area contributed by atoms with Gasteiger partial charge in [-0.2, -0.15) is 0 Å². The molecule has 0 aliphatic rings. The molecule has 0 atom stereocenters. The van der Waals surface area contributed by atoms with Crippen LogP contribution in [0.4, 0.5) is 4.39 Å². The van der Waals surface area contributed by atoms with Crippen molar-refractivity contribution < 1.29 is 13.9 Å². The largest absolute Gasteiger partial charge is 0.466 e. The first-order valence-electron chi connectivity index (χ1n) is 5.48. The van der Waals surface area contributed by atoms with Gasteiger partial charge in [-0.15, -0.1) is 0 Å². The Hall–Kier alpha value is -1.68. The summed E-state index contributed by atoms with van der Waals surface area (Å²) in [6, 6.07) is 4.79. The zero-order valence-corrected chi connectivity index (χ0v) is 9.78. The van der Waals surface area contributed by atoms with Crippen molar-refractivity contribution in [2.75, 3.05) is 6.61 Å². The van der Waals surface area contributed by atoms with Crippen LogP contribution in [0.3, 0.4) is 0 Å². The van der Waals surface area contributed by atoms with Crippen LogP contribution in [0.2, 0.25) is 0 Å². The first-order valence-corrected chi connectivity index (χ1v) is 5.48. The minimum atomic E-state index is -0.328. The van der Waals surface area contributed by atoms with E-state index in [1.807, 2.05) is 0 Å². The average Bonchev–Trinajstić information content (AvgIpc) is 2.29. The zero-order valence-electron chi connectivity index (χ0n) is 9.78. The minimum Gasteiger partial charge on any atom is -0.466 e. The van der Waals surface area contributed by atoms with Crippen molar-refractivity contribution in [2.24, 2.45) is 5.73 Å². The SMILES string of the molecule is CCOC(=O)CC=Cc1ccc(CN)c(F)c1. The van der Waals surface area contributed by atoms with Crippen LogP contribution in [-0.4, -0.2) is 12.6 Å². The summed E-state index contributed by atoms with van der Waals surface area (Å²) in [6.45, 7) is 2.30. The smallest absolute Gasteiger partial charge is 0.309 e. The van der Waals surface area contributed by atoms with Crippen LogP contribution in [0.1, 0.15) is 24.5 Å². The summed E-state index contributed by atoms with van der Waals surface area (Å²) >= 11 is 0. The molecule has 0 unspecified atom stereocenters. The Bertz CT molecular complexity index is 416. The summed E-state index contributed by atoms with van der Waals surface area (Å²) in [5.41, 5.74) is 6.53. The van der Waals surface area contributed by atoms with Crippen molar-refractivity contribution in [2.45, 2.75) is 19.9 Å². The van der Waals surface area contributed by atoms with E-state index in [1.165, 1.54) is 6.07 Å². The van der Waals surface area contributed by atoms with E-state index in [1.54, 1.807) is 31.2 Å². The Labute approximate surface area is 100 Å². The van der Waals surface area contributed by atoms with Crippen LogP contribution in [-0.2, 0) is 16.1 Å². The van der Waals surface area contributed by atoms with Crippen LogP contribution in [0.25, 0.3) is 6.08 Å². The first kappa shape index (κ1) is 13.4. The van der Waals surface area contributed by atoms with Crippen LogP contribution in [0.5, 0.6) is 0 Å². The molecule has 0 fully saturated rings. The fourth-order valence-corrected chi connectivity index (χ4v) is 1.34. The Kier molecular flexibility index (Phi) is 5.36. The van der Waals surface area contributed by atoms with Gasteiger partial charge in [0.1, 0.15) is 5.82 Å². The van der Waals surface area contributed by atoms with Gasteiger partial charge < -0.3 is 10.5 Å². The summed E-state index contributed by atoms with van der Waals surface area (Å²) in [5, 5.41) is 0. The number of carbonyl (C=O) groups excluding carboxylic acids is 1. The number of rotatable bonds is 5. The third-order valence-electron chi connectivity index (χ3n) is 2.20. The highest BCUT2D eigenvalue weighted by Crippen LogP contribution is 2.11. The van der Waals surface area contributed by atoms with Crippen LogP contribution < -0.4 is 5.73 Å². The molecular weight excluding hydrogens is 221 g/mol. The molecule has 0 aliphatic carbocycles. The molecule has 0 aliphatic heterocycles. The Morgan fingerprint density at radius 1 is 1.53 bits per heavy atom. The van der Waals surface area contributed by atoms with Gasteiger partial charge in [-0.1, -0.05) is 24.3 Å². The lowest BCUT2D eigenvalue weighted by molar-refractivity contribution is -0.142. The fourth-order valence-electron chi connectivity index (χ4n) is 1.34. The van der Waals surface area contributed by atoms with Crippen molar-refractivity contribution in [3.63, 3.8) is 0 Å². The molecule has 92 valence electrons. The molecule has 0 saturated carbocycles. The second kappa shape index (κ2) is 6.81. The molecule has 0 spiro atoms. The van der Waals surface area contributed by atoms with Crippen molar-refractivity contribution >= 4 is 12.0 Å². The number of hydrogen-bond acceptors (Lipinski definition) is 3. The maximum Gasteiger partial charge on any atom is 0.309 e. The van der Waals surface area contributed by atoms with Gasteiger partial charge in [0.2, 0.25) is 0 Å². The lowest BCUT2D eigenvalue weighted by Crippen LogP contribution is -2.01. The summed E-state index contributed by atoms with van der Waals surface area (Å²) in [7, 11) is 0. The third-order valence-corrected chi connectivity index (χ3v) is 2.20. The van der Waals surface area contributed by atoms with Crippen LogP contribution in [0.15, 0.2) is 24.3 Å². The van der Waals surface area contributed by atoms with E-state index >= 15 is 0 Å². The molecule has 1 rings (SSSR count).